The predicted octanol–water partition coefficient (Wildman–Crippen LogP) is 4.67. The molecule has 3 aromatic carbocycles. The van der Waals surface area contributed by atoms with Gasteiger partial charge >= 0.3 is 0 Å². The molecule has 5 nitrogen and oxygen atoms in total. The zero-order valence-corrected chi connectivity index (χ0v) is 19.6. The molecule has 0 radical (unpaired) electrons. The van der Waals surface area contributed by atoms with Gasteiger partial charge in [0, 0.05) is 43.7 Å². The molecule has 2 amide bonds. The van der Waals surface area contributed by atoms with Crippen molar-refractivity contribution in [2.45, 2.75) is 17.9 Å². The summed E-state index contributed by atoms with van der Waals surface area (Å²) in [4.78, 5) is 29.4. The Kier molecular flexibility index (Phi) is 7.81. The van der Waals surface area contributed by atoms with Gasteiger partial charge in [-0.05, 0) is 35.4 Å². The minimum Gasteiger partial charge on any atom is -0.339 e. The Morgan fingerprint density at radius 3 is 1.88 bits per heavy atom. The molecule has 33 heavy (non-hydrogen) atoms. The number of amides is 2. The second-order valence-corrected chi connectivity index (χ2v) is 9.18. The highest BCUT2D eigenvalue weighted by Gasteiger charge is 2.28. The van der Waals surface area contributed by atoms with Gasteiger partial charge in [-0.1, -0.05) is 60.7 Å². The van der Waals surface area contributed by atoms with Gasteiger partial charge in [-0.3, -0.25) is 14.5 Å². The number of carbonyl (C=O) groups excluding carboxylic acids is 2. The number of carbonyl (C=O) groups is 2. The summed E-state index contributed by atoms with van der Waals surface area (Å²) in [6.07, 6.45) is 0. The number of rotatable bonds is 7. The van der Waals surface area contributed by atoms with Crippen LogP contribution in [0.1, 0.15) is 24.1 Å². The van der Waals surface area contributed by atoms with E-state index in [-0.39, 0.29) is 17.9 Å². The van der Waals surface area contributed by atoms with Crippen molar-refractivity contribution in [2.24, 2.45) is 0 Å². The fraction of sp³-hybridized carbons (Fsp3) is 0.259. The number of hydrogen-bond acceptors (Lipinski definition) is 4. The second-order valence-electron chi connectivity index (χ2n) is 8.13. The number of benzene rings is 3. The van der Waals surface area contributed by atoms with E-state index in [9.17, 15) is 9.59 Å². The Morgan fingerprint density at radius 2 is 1.36 bits per heavy atom. The van der Waals surface area contributed by atoms with E-state index < -0.39 is 0 Å². The zero-order chi connectivity index (χ0) is 23.0. The monoisotopic (exact) mass is 459 g/mol. The minimum atomic E-state index is -0.0912. The van der Waals surface area contributed by atoms with Crippen molar-refractivity contribution in [3.63, 3.8) is 0 Å². The van der Waals surface area contributed by atoms with E-state index in [1.807, 2.05) is 41.3 Å². The molecule has 0 unspecified atom stereocenters. The lowest BCUT2D eigenvalue weighted by molar-refractivity contribution is -0.130. The highest BCUT2D eigenvalue weighted by Crippen LogP contribution is 2.29. The van der Waals surface area contributed by atoms with Crippen molar-refractivity contribution in [3.05, 3.63) is 96.1 Å². The van der Waals surface area contributed by atoms with Gasteiger partial charge in [0.1, 0.15) is 0 Å². The van der Waals surface area contributed by atoms with E-state index in [1.54, 1.807) is 0 Å². The molecule has 0 atom stereocenters. The van der Waals surface area contributed by atoms with Crippen LogP contribution >= 0.6 is 11.8 Å². The molecule has 0 saturated carbocycles. The molecule has 1 heterocycles. The SMILES string of the molecule is CC(=O)Nc1ccc(SCC(=O)N2CCN(C(c3ccccc3)c3ccccc3)CC2)cc1. The fourth-order valence-electron chi connectivity index (χ4n) is 4.19. The number of hydrogen-bond donors (Lipinski definition) is 1. The third-order valence-corrected chi connectivity index (χ3v) is 6.80. The van der Waals surface area contributed by atoms with E-state index in [4.69, 9.17) is 0 Å². The van der Waals surface area contributed by atoms with Crippen molar-refractivity contribution >= 4 is 29.3 Å². The first kappa shape index (κ1) is 23.1. The first-order valence-corrected chi connectivity index (χ1v) is 12.2. The smallest absolute Gasteiger partial charge is 0.233 e. The third-order valence-electron chi connectivity index (χ3n) is 5.80. The van der Waals surface area contributed by atoms with Crippen LogP contribution in [0.4, 0.5) is 5.69 Å². The summed E-state index contributed by atoms with van der Waals surface area (Å²) in [5, 5.41) is 2.76. The van der Waals surface area contributed by atoms with Crippen LogP contribution in [-0.4, -0.2) is 53.5 Å². The van der Waals surface area contributed by atoms with Crippen LogP contribution in [0.2, 0.25) is 0 Å². The Hall–Kier alpha value is -3.09. The van der Waals surface area contributed by atoms with Gasteiger partial charge in [0.15, 0.2) is 0 Å². The van der Waals surface area contributed by atoms with Crippen molar-refractivity contribution < 1.29 is 9.59 Å². The average molecular weight is 460 g/mol. The molecule has 1 fully saturated rings. The standard InChI is InChI=1S/C27H29N3O2S/c1-21(31)28-24-12-14-25(15-13-24)33-20-26(32)29-16-18-30(19-17-29)27(22-8-4-2-5-9-22)23-10-6-3-7-11-23/h2-15,27H,16-20H2,1H3,(H,28,31). The molecule has 4 rings (SSSR count). The fourth-order valence-corrected chi connectivity index (χ4v) is 4.99. The Balaban J connectivity index is 1.33. The molecule has 170 valence electrons. The molecule has 0 bridgehead atoms. The van der Waals surface area contributed by atoms with E-state index in [1.165, 1.54) is 29.8 Å². The molecule has 0 aromatic heterocycles. The highest BCUT2D eigenvalue weighted by molar-refractivity contribution is 8.00. The second kappa shape index (κ2) is 11.2. The van der Waals surface area contributed by atoms with E-state index in [2.05, 4.69) is 58.7 Å². The lowest BCUT2D eigenvalue weighted by Crippen LogP contribution is -2.50. The molecule has 1 N–H and O–H groups in total. The third kappa shape index (κ3) is 6.24. The first-order valence-electron chi connectivity index (χ1n) is 11.2. The number of thioether (sulfide) groups is 1. The van der Waals surface area contributed by atoms with Crippen LogP contribution in [0.3, 0.4) is 0 Å². The number of nitrogens with zero attached hydrogens (tertiary/aromatic N) is 2. The molecule has 3 aromatic rings. The van der Waals surface area contributed by atoms with Gasteiger partial charge < -0.3 is 10.2 Å². The topological polar surface area (TPSA) is 52.7 Å². The van der Waals surface area contributed by atoms with Crippen LogP contribution < -0.4 is 5.32 Å². The van der Waals surface area contributed by atoms with Crippen LogP contribution in [0.15, 0.2) is 89.8 Å². The van der Waals surface area contributed by atoms with Gasteiger partial charge in [0.05, 0.1) is 11.8 Å². The Bertz CT molecular complexity index is 1010. The number of piperazine rings is 1. The molecular formula is C27H29N3O2S. The van der Waals surface area contributed by atoms with Gasteiger partial charge in [0.2, 0.25) is 11.8 Å². The van der Waals surface area contributed by atoms with Gasteiger partial charge in [0.25, 0.3) is 0 Å². The zero-order valence-electron chi connectivity index (χ0n) is 18.8. The molecule has 1 saturated heterocycles. The molecule has 0 spiro atoms. The van der Waals surface area contributed by atoms with Crippen molar-refractivity contribution in [1.29, 1.82) is 0 Å². The Morgan fingerprint density at radius 1 is 0.818 bits per heavy atom. The van der Waals surface area contributed by atoms with E-state index in [0.717, 1.165) is 36.8 Å². The maximum absolute atomic E-state index is 12.8. The number of anilines is 1. The quantitative estimate of drug-likeness (QED) is 0.522. The summed E-state index contributed by atoms with van der Waals surface area (Å²) in [5.74, 6) is 0.494. The summed E-state index contributed by atoms with van der Waals surface area (Å²) in [6, 6.07) is 29.0. The molecular weight excluding hydrogens is 430 g/mol. The maximum atomic E-state index is 12.8. The largest absolute Gasteiger partial charge is 0.339 e. The molecule has 1 aliphatic heterocycles. The average Bonchev–Trinajstić information content (AvgIpc) is 2.85. The lowest BCUT2D eigenvalue weighted by Gasteiger charge is -2.39. The number of nitrogens with one attached hydrogen (secondary N) is 1. The van der Waals surface area contributed by atoms with Crippen molar-refractivity contribution in [3.8, 4) is 0 Å². The summed E-state index contributed by atoms with van der Waals surface area (Å²) in [7, 11) is 0. The van der Waals surface area contributed by atoms with Gasteiger partial charge in [-0.25, -0.2) is 0 Å². The summed E-state index contributed by atoms with van der Waals surface area (Å²) < 4.78 is 0. The molecule has 0 aliphatic carbocycles. The molecule has 1 aliphatic rings. The maximum Gasteiger partial charge on any atom is 0.233 e. The van der Waals surface area contributed by atoms with Crippen LogP contribution in [-0.2, 0) is 9.59 Å². The Labute approximate surface area is 199 Å². The first-order chi connectivity index (χ1) is 16.1. The van der Waals surface area contributed by atoms with Gasteiger partial charge in [-0.2, -0.15) is 0 Å². The van der Waals surface area contributed by atoms with Crippen molar-refractivity contribution in [1.82, 2.24) is 9.80 Å². The predicted molar refractivity (Wildman–Crippen MR) is 134 cm³/mol. The summed E-state index contributed by atoms with van der Waals surface area (Å²) in [5.41, 5.74) is 3.32. The summed E-state index contributed by atoms with van der Waals surface area (Å²) in [6.45, 7) is 4.64. The summed E-state index contributed by atoms with van der Waals surface area (Å²) >= 11 is 1.53. The highest BCUT2D eigenvalue weighted by atomic mass is 32.2. The van der Waals surface area contributed by atoms with Crippen LogP contribution in [0.5, 0.6) is 0 Å². The van der Waals surface area contributed by atoms with Crippen LogP contribution in [0.25, 0.3) is 0 Å². The van der Waals surface area contributed by atoms with E-state index in [0.29, 0.717) is 5.75 Å². The minimum absolute atomic E-state index is 0.0912. The normalized spacial score (nSPS) is 14.3. The lowest BCUT2D eigenvalue weighted by atomic mass is 9.96. The van der Waals surface area contributed by atoms with Crippen molar-refractivity contribution in [2.75, 3.05) is 37.2 Å². The van der Waals surface area contributed by atoms with Crippen LogP contribution in [0, 0.1) is 0 Å². The van der Waals surface area contributed by atoms with Gasteiger partial charge in [-0.15, -0.1) is 11.8 Å². The molecule has 6 heteroatoms. The van der Waals surface area contributed by atoms with E-state index >= 15 is 0 Å².